The Labute approximate surface area is 188 Å². The van der Waals surface area contributed by atoms with Gasteiger partial charge in [0.05, 0.1) is 12.9 Å². The second kappa shape index (κ2) is 8.58. The highest BCUT2D eigenvalue weighted by Crippen LogP contribution is 2.32. The van der Waals surface area contributed by atoms with Gasteiger partial charge in [-0.3, -0.25) is 9.36 Å². The molecule has 2 aromatic carbocycles. The fourth-order valence-corrected chi connectivity index (χ4v) is 4.03. The number of anilines is 1. The van der Waals surface area contributed by atoms with Crippen molar-refractivity contribution in [3.05, 3.63) is 72.8 Å². The summed E-state index contributed by atoms with van der Waals surface area (Å²) < 4.78 is 7.41. The Morgan fingerprint density at radius 1 is 1.06 bits per heavy atom. The molecule has 0 spiro atoms. The Morgan fingerprint density at radius 2 is 1.79 bits per heavy atom. The van der Waals surface area contributed by atoms with Gasteiger partial charge in [-0.2, -0.15) is 0 Å². The van der Waals surface area contributed by atoms with Crippen molar-refractivity contribution in [3.63, 3.8) is 0 Å². The molecule has 33 heavy (non-hydrogen) atoms. The second-order valence-corrected chi connectivity index (χ2v) is 7.76. The number of nitrogens with one attached hydrogen (secondary N) is 1. The molecule has 5 rings (SSSR count). The summed E-state index contributed by atoms with van der Waals surface area (Å²) in [5, 5.41) is 23.2. The minimum absolute atomic E-state index is 0.204. The van der Waals surface area contributed by atoms with Gasteiger partial charge in [-0.05, 0) is 23.3 Å². The average molecular weight is 446 g/mol. The third-order valence-corrected chi connectivity index (χ3v) is 5.76. The molecule has 4 aromatic rings. The van der Waals surface area contributed by atoms with Crippen LogP contribution >= 0.6 is 0 Å². The van der Waals surface area contributed by atoms with Gasteiger partial charge in [-0.25, -0.2) is 15.0 Å². The van der Waals surface area contributed by atoms with Crippen LogP contribution < -0.4 is 11.1 Å². The highest BCUT2D eigenvalue weighted by molar-refractivity contribution is 5.95. The molecule has 10 heteroatoms. The first-order valence-corrected chi connectivity index (χ1v) is 10.4. The molecule has 3 heterocycles. The third kappa shape index (κ3) is 3.80. The van der Waals surface area contributed by atoms with E-state index in [2.05, 4.69) is 20.3 Å². The van der Waals surface area contributed by atoms with Crippen LogP contribution in [0.5, 0.6) is 0 Å². The fraction of sp³-hybridized carbons (Fsp3) is 0.217. The Bertz CT molecular complexity index is 1280. The van der Waals surface area contributed by atoms with Crippen molar-refractivity contribution in [2.45, 2.75) is 24.5 Å². The molecule has 1 amide bonds. The molecular weight excluding hydrogens is 424 g/mol. The van der Waals surface area contributed by atoms with Gasteiger partial charge in [0.2, 0.25) is 0 Å². The maximum atomic E-state index is 13.0. The minimum Gasteiger partial charge on any atom is -0.394 e. The largest absolute Gasteiger partial charge is 0.394 e. The molecule has 0 aliphatic carbocycles. The summed E-state index contributed by atoms with van der Waals surface area (Å²) in [6.45, 7) is -0.417. The number of hydrogen-bond acceptors (Lipinski definition) is 8. The van der Waals surface area contributed by atoms with Crippen molar-refractivity contribution >= 4 is 22.9 Å². The van der Waals surface area contributed by atoms with Gasteiger partial charge in [0.1, 0.15) is 30.1 Å². The summed E-state index contributed by atoms with van der Waals surface area (Å²) in [6.07, 6.45) is -0.140. The lowest BCUT2D eigenvalue weighted by Crippen LogP contribution is -2.46. The summed E-state index contributed by atoms with van der Waals surface area (Å²) in [5.74, 6) is -0.181. The Kier molecular flexibility index (Phi) is 5.47. The van der Waals surface area contributed by atoms with Crippen LogP contribution in [0, 0.1) is 0 Å². The molecule has 2 aromatic heterocycles. The number of rotatable bonds is 5. The normalized spacial score (nSPS) is 22.5. The van der Waals surface area contributed by atoms with Crippen molar-refractivity contribution in [1.82, 2.24) is 24.8 Å². The van der Waals surface area contributed by atoms with E-state index < -0.39 is 31.1 Å². The van der Waals surface area contributed by atoms with E-state index in [4.69, 9.17) is 10.5 Å². The number of nitrogens with two attached hydrogens (primary N) is 1. The van der Waals surface area contributed by atoms with Gasteiger partial charge in [0, 0.05) is 5.56 Å². The van der Waals surface area contributed by atoms with Crippen LogP contribution in [0.3, 0.4) is 0 Å². The number of benzene rings is 2. The number of nitrogens with zero attached hydrogens (tertiary/aromatic N) is 4. The van der Waals surface area contributed by atoms with E-state index in [0.717, 1.165) is 11.1 Å². The lowest BCUT2D eigenvalue weighted by molar-refractivity contribution is -0.0440. The first kappa shape index (κ1) is 21.0. The maximum absolute atomic E-state index is 13.0. The fourth-order valence-electron chi connectivity index (χ4n) is 4.03. The topological polar surface area (TPSA) is 148 Å². The number of amides is 1. The van der Waals surface area contributed by atoms with Crippen molar-refractivity contribution in [1.29, 1.82) is 0 Å². The predicted octanol–water partition coefficient (Wildman–Crippen LogP) is 1.12. The van der Waals surface area contributed by atoms with E-state index in [1.807, 2.05) is 42.5 Å². The van der Waals surface area contributed by atoms with Crippen LogP contribution in [0.1, 0.15) is 16.6 Å². The monoisotopic (exact) mass is 446 g/mol. The number of fused-ring (bicyclic) bond motifs is 1. The van der Waals surface area contributed by atoms with Gasteiger partial charge < -0.3 is 26.0 Å². The SMILES string of the molecule is Nc1ncnc2c1ncn2C1OC(CO)C(O)C1NC(=O)c1ccc(-c2ccccc2)cc1. The molecule has 1 saturated heterocycles. The zero-order valence-corrected chi connectivity index (χ0v) is 17.4. The third-order valence-electron chi connectivity index (χ3n) is 5.76. The number of aromatic nitrogens is 4. The lowest BCUT2D eigenvalue weighted by atomic mass is 10.0. The number of ether oxygens (including phenoxy) is 1. The zero-order chi connectivity index (χ0) is 22.9. The van der Waals surface area contributed by atoms with Gasteiger partial charge in [0.15, 0.2) is 17.7 Å². The molecule has 5 N–H and O–H groups in total. The van der Waals surface area contributed by atoms with Crippen LogP contribution in [0.2, 0.25) is 0 Å². The molecule has 0 radical (unpaired) electrons. The molecule has 1 fully saturated rings. The molecule has 0 saturated carbocycles. The van der Waals surface area contributed by atoms with E-state index in [1.54, 1.807) is 16.7 Å². The first-order valence-electron chi connectivity index (χ1n) is 10.4. The highest BCUT2D eigenvalue weighted by Gasteiger charge is 2.45. The van der Waals surface area contributed by atoms with E-state index >= 15 is 0 Å². The van der Waals surface area contributed by atoms with E-state index in [9.17, 15) is 15.0 Å². The summed E-state index contributed by atoms with van der Waals surface area (Å²) in [4.78, 5) is 25.4. The smallest absolute Gasteiger partial charge is 0.251 e. The van der Waals surface area contributed by atoms with E-state index in [1.165, 1.54) is 12.7 Å². The van der Waals surface area contributed by atoms with Gasteiger partial charge in [-0.15, -0.1) is 0 Å². The maximum Gasteiger partial charge on any atom is 0.251 e. The first-order chi connectivity index (χ1) is 16.1. The summed E-state index contributed by atoms with van der Waals surface area (Å²) in [5.41, 5.74) is 9.09. The van der Waals surface area contributed by atoms with Crippen LogP contribution in [-0.4, -0.2) is 60.5 Å². The minimum atomic E-state index is -1.15. The quantitative estimate of drug-likeness (QED) is 0.356. The number of carbonyl (C=O) groups is 1. The second-order valence-electron chi connectivity index (χ2n) is 7.76. The van der Waals surface area contributed by atoms with E-state index in [0.29, 0.717) is 16.7 Å². The number of carbonyl (C=O) groups excluding carboxylic acids is 1. The Hall–Kier alpha value is -3.86. The van der Waals surface area contributed by atoms with Gasteiger partial charge >= 0.3 is 0 Å². The summed E-state index contributed by atoms with van der Waals surface area (Å²) in [7, 11) is 0. The lowest BCUT2D eigenvalue weighted by Gasteiger charge is -2.23. The van der Waals surface area contributed by atoms with Gasteiger partial charge in [0.25, 0.3) is 5.91 Å². The molecule has 4 unspecified atom stereocenters. The van der Waals surface area contributed by atoms with Crippen LogP contribution in [0.25, 0.3) is 22.3 Å². The molecule has 1 aliphatic rings. The average Bonchev–Trinajstić information content (AvgIpc) is 3.41. The Balaban J connectivity index is 1.41. The molecule has 0 bridgehead atoms. The van der Waals surface area contributed by atoms with Crippen molar-refractivity contribution in [2.75, 3.05) is 12.3 Å². The molecular formula is C23H22N6O4. The van der Waals surface area contributed by atoms with E-state index in [-0.39, 0.29) is 11.7 Å². The zero-order valence-electron chi connectivity index (χ0n) is 17.4. The summed E-state index contributed by atoms with van der Waals surface area (Å²) >= 11 is 0. The number of nitrogen functional groups attached to an aromatic ring is 1. The molecule has 4 atom stereocenters. The standard InChI is InChI=1S/C23H22N6O4/c24-20-18-21(26-11-25-20)29(12-27-18)23-17(19(31)16(10-30)33-23)28-22(32)15-8-6-14(7-9-15)13-4-2-1-3-5-13/h1-9,11-12,16-17,19,23,30-31H,10H2,(H,28,32)(H2,24,25,26). The highest BCUT2D eigenvalue weighted by atomic mass is 16.5. The molecule has 10 nitrogen and oxygen atoms in total. The van der Waals surface area contributed by atoms with Crippen molar-refractivity contribution in [3.8, 4) is 11.1 Å². The van der Waals surface area contributed by atoms with Crippen LogP contribution in [0.4, 0.5) is 5.82 Å². The molecule has 168 valence electrons. The molecule has 1 aliphatic heterocycles. The number of imidazole rings is 1. The summed E-state index contributed by atoms with van der Waals surface area (Å²) in [6, 6.07) is 16.1. The number of aliphatic hydroxyl groups is 2. The van der Waals surface area contributed by atoms with Gasteiger partial charge in [-0.1, -0.05) is 42.5 Å². The number of aliphatic hydroxyl groups excluding tert-OH is 2. The van der Waals surface area contributed by atoms with Crippen LogP contribution in [-0.2, 0) is 4.74 Å². The number of hydrogen-bond donors (Lipinski definition) is 4. The van der Waals surface area contributed by atoms with Crippen molar-refractivity contribution in [2.24, 2.45) is 0 Å². The Morgan fingerprint density at radius 3 is 2.52 bits per heavy atom. The predicted molar refractivity (Wildman–Crippen MR) is 120 cm³/mol. The van der Waals surface area contributed by atoms with Crippen molar-refractivity contribution < 1.29 is 19.7 Å². The van der Waals surface area contributed by atoms with Crippen LogP contribution in [0.15, 0.2) is 67.3 Å².